The summed E-state index contributed by atoms with van der Waals surface area (Å²) in [6, 6.07) is 13.7. The van der Waals surface area contributed by atoms with E-state index in [9.17, 15) is 13.2 Å². The van der Waals surface area contributed by atoms with Crippen molar-refractivity contribution in [1.29, 1.82) is 0 Å². The summed E-state index contributed by atoms with van der Waals surface area (Å²) in [7, 11) is -3.52. The molecule has 2 rings (SSSR count). The lowest BCUT2D eigenvalue weighted by atomic mass is 10.1. The Labute approximate surface area is 123 Å². The van der Waals surface area contributed by atoms with E-state index in [1.54, 1.807) is 42.5 Å². The van der Waals surface area contributed by atoms with Crippen molar-refractivity contribution >= 4 is 15.7 Å². The molecule has 2 aromatic carbocycles. The van der Waals surface area contributed by atoms with Gasteiger partial charge in [0, 0.05) is 0 Å². The van der Waals surface area contributed by atoms with Gasteiger partial charge in [-0.15, -0.1) is 0 Å². The SMILES string of the molecule is NC(=O)[C@@H](N)Cc1ccc(S(=O)(=O)c2ccccc2)cc1. The Morgan fingerprint density at radius 2 is 1.48 bits per heavy atom. The molecule has 0 saturated carbocycles. The molecule has 6 heteroatoms. The summed E-state index contributed by atoms with van der Waals surface area (Å²) in [5.74, 6) is -0.587. The predicted octanol–water partition coefficient (Wildman–Crippen LogP) is 0.874. The quantitative estimate of drug-likeness (QED) is 0.855. The largest absolute Gasteiger partial charge is 0.368 e. The molecule has 0 aliphatic rings. The molecule has 0 spiro atoms. The van der Waals surface area contributed by atoms with E-state index in [1.165, 1.54) is 12.1 Å². The van der Waals surface area contributed by atoms with E-state index < -0.39 is 21.8 Å². The van der Waals surface area contributed by atoms with Gasteiger partial charge in [-0.25, -0.2) is 8.42 Å². The maximum absolute atomic E-state index is 12.4. The minimum Gasteiger partial charge on any atom is -0.368 e. The van der Waals surface area contributed by atoms with Gasteiger partial charge >= 0.3 is 0 Å². The Morgan fingerprint density at radius 1 is 0.952 bits per heavy atom. The molecular weight excluding hydrogens is 288 g/mol. The van der Waals surface area contributed by atoms with E-state index in [-0.39, 0.29) is 16.2 Å². The molecule has 110 valence electrons. The average molecular weight is 304 g/mol. The summed E-state index contributed by atoms with van der Waals surface area (Å²) in [5, 5.41) is 0. The molecule has 0 fully saturated rings. The molecule has 0 aromatic heterocycles. The molecule has 1 amide bonds. The molecule has 0 saturated heterocycles. The summed E-state index contributed by atoms with van der Waals surface area (Å²) in [6.45, 7) is 0. The van der Waals surface area contributed by atoms with Gasteiger partial charge in [0.15, 0.2) is 0 Å². The van der Waals surface area contributed by atoms with Crippen LogP contribution in [0.4, 0.5) is 0 Å². The topological polar surface area (TPSA) is 103 Å². The second-order valence-electron chi connectivity index (χ2n) is 4.67. The van der Waals surface area contributed by atoms with Gasteiger partial charge in [-0.1, -0.05) is 30.3 Å². The van der Waals surface area contributed by atoms with Crippen LogP contribution in [0.25, 0.3) is 0 Å². The standard InChI is InChI=1S/C15H16N2O3S/c16-14(15(17)18)10-11-6-8-13(9-7-11)21(19,20)12-4-2-1-3-5-12/h1-9,14H,10,16H2,(H2,17,18)/t14-/m0/s1. The highest BCUT2D eigenvalue weighted by Crippen LogP contribution is 2.21. The monoisotopic (exact) mass is 304 g/mol. The zero-order valence-electron chi connectivity index (χ0n) is 11.3. The molecule has 0 bridgehead atoms. The van der Waals surface area contributed by atoms with Crippen LogP contribution in [-0.2, 0) is 21.1 Å². The smallest absolute Gasteiger partial charge is 0.234 e. The third-order valence-corrected chi connectivity index (χ3v) is 4.89. The van der Waals surface area contributed by atoms with E-state index in [0.29, 0.717) is 0 Å². The van der Waals surface area contributed by atoms with Gasteiger partial charge in [-0.2, -0.15) is 0 Å². The van der Waals surface area contributed by atoms with Crippen LogP contribution >= 0.6 is 0 Å². The molecule has 0 unspecified atom stereocenters. The van der Waals surface area contributed by atoms with E-state index in [4.69, 9.17) is 11.5 Å². The molecule has 4 N–H and O–H groups in total. The van der Waals surface area contributed by atoms with Crippen molar-refractivity contribution in [2.45, 2.75) is 22.3 Å². The van der Waals surface area contributed by atoms with Gasteiger partial charge in [0.25, 0.3) is 0 Å². The minimum atomic E-state index is -3.52. The van der Waals surface area contributed by atoms with Gasteiger partial charge in [-0.3, -0.25) is 4.79 Å². The van der Waals surface area contributed by atoms with Crippen molar-refractivity contribution < 1.29 is 13.2 Å². The summed E-state index contributed by atoms with van der Waals surface area (Å²) >= 11 is 0. The summed E-state index contributed by atoms with van der Waals surface area (Å²) in [6.07, 6.45) is 0.279. The summed E-state index contributed by atoms with van der Waals surface area (Å²) < 4.78 is 24.8. The van der Waals surface area contributed by atoms with Gasteiger partial charge in [0.2, 0.25) is 15.7 Å². The lowest BCUT2D eigenvalue weighted by molar-refractivity contribution is -0.119. The average Bonchev–Trinajstić information content (AvgIpc) is 2.48. The number of hydrogen-bond acceptors (Lipinski definition) is 4. The van der Waals surface area contributed by atoms with Crippen molar-refractivity contribution in [3.8, 4) is 0 Å². The van der Waals surface area contributed by atoms with Crippen LogP contribution in [0.15, 0.2) is 64.4 Å². The van der Waals surface area contributed by atoms with Crippen molar-refractivity contribution in [2.75, 3.05) is 0 Å². The van der Waals surface area contributed by atoms with Crippen LogP contribution in [0.1, 0.15) is 5.56 Å². The highest BCUT2D eigenvalue weighted by Gasteiger charge is 2.17. The Balaban J connectivity index is 2.25. The fourth-order valence-electron chi connectivity index (χ4n) is 1.89. The van der Waals surface area contributed by atoms with Crippen LogP contribution in [0.3, 0.4) is 0 Å². The normalized spacial score (nSPS) is 12.8. The van der Waals surface area contributed by atoms with Crippen LogP contribution in [0, 0.1) is 0 Å². The second kappa shape index (κ2) is 6.07. The number of hydrogen-bond donors (Lipinski definition) is 2. The van der Waals surface area contributed by atoms with E-state index in [1.807, 2.05) is 0 Å². The molecular formula is C15H16N2O3S. The Morgan fingerprint density at radius 3 is 2.00 bits per heavy atom. The van der Waals surface area contributed by atoms with E-state index in [0.717, 1.165) is 5.56 Å². The number of sulfone groups is 1. The highest BCUT2D eigenvalue weighted by molar-refractivity contribution is 7.91. The zero-order valence-corrected chi connectivity index (χ0v) is 12.1. The molecule has 1 atom stereocenters. The lowest BCUT2D eigenvalue weighted by Crippen LogP contribution is -2.38. The van der Waals surface area contributed by atoms with Gasteiger partial charge in [0.05, 0.1) is 15.8 Å². The molecule has 0 aliphatic heterocycles. The van der Waals surface area contributed by atoms with Gasteiger partial charge < -0.3 is 11.5 Å². The number of carbonyl (C=O) groups is 1. The molecule has 0 heterocycles. The maximum Gasteiger partial charge on any atom is 0.234 e. The van der Waals surface area contributed by atoms with Gasteiger partial charge in [-0.05, 0) is 36.2 Å². The molecule has 2 aromatic rings. The summed E-state index contributed by atoms with van der Waals surface area (Å²) in [4.78, 5) is 11.4. The first-order valence-electron chi connectivity index (χ1n) is 6.35. The third kappa shape index (κ3) is 3.48. The molecule has 21 heavy (non-hydrogen) atoms. The van der Waals surface area contributed by atoms with E-state index >= 15 is 0 Å². The number of nitrogens with two attached hydrogens (primary N) is 2. The third-order valence-electron chi connectivity index (χ3n) is 3.11. The first-order chi connectivity index (χ1) is 9.91. The maximum atomic E-state index is 12.4. The number of primary amides is 1. The van der Waals surface area contributed by atoms with Crippen molar-refractivity contribution in [2.24, 2.45) is 11.5 Å². The minimum absolute atomic E-state index is 0.199. The molecule has 0 aliphatic carbocycles. The Hall–Kier alpha value is -2.18. The number of amides is 1. The van der Waals surface area contributed by atoms with Crippen molar-refractivity contribution in [3.63, 3.8) is 0 Å². The van der Waals surface area contributed by atoms with Crippen LogP contribution < -0.4 is 11.5 Å². The predicted molar refractivity (Wildman–Crippen MR) is 79.2 cm³/mol. The molecule has 0 radical (unpaired) electrons. The number of carbonyl (C=O) groups excluding carboxylic acids is 1. The Kier molecular flexibility index (Phi) is 4.40. The highest BCUT2D eigenvalue weighted by atomic mass is 32.2. The number of benzene rings is 2. The fourth-order valence-corrected chi connectivity index (χ4v) is 3.18. The van der Waals surface area contributed by atoms with E-state index in [2.05, 4.69) is 0 Å². The van der Waals surface area contributed by atoms with Crippen molar-refractivity contribution in [3.05, 3.63) is 60.2 Å². The van der Waals surface area contributed by atoms with Crippen LogP contribution in [0.5, 0.6) is 0 Å². The first-order valence-corrected chi connectivity index (χ1v) is 7.83. The lowest BCUT2D eigenvalue weighted by Gasteiger charge is -2.09. The van der Waals surface area contributed by atoms with Crippen LogP contribution in [-0.4, -0.2) is 20.4 Å². The summed E-state index contributed by atoms with van der Waals surface area (Å²) in [5.41, 5.74) is 11.4. The zero-order chi connectivity index (χ0) is 15.5. The first kappa shape index (κ1) is 15.2. The van der Waals surface area contributed by atoms with Crippen LogP contribution in [0.2, 0.25) is 0 Å². The molecule has 5 nitrogen and oxygen atoms in total. The van der Waals surface area contributed by atoms with Crippen molar-refractivity contribution in [1.82, 2.24) is 0 Å². The Bertz CT molecular complexity index is 725. The second-order valence-corrected chi connectivity index (χ2v) is 6.62. The fraction of sp³-hybridized carbons (Fsp3) is 0.133. The number of rotatable bonds is 5. The van der Waals surface area contributed by atoms with Gasteiger partial charge in [0.1, 0.15) is 0 Å².